The average Bonchev–Trinajstić information content (AvgIpc) is 2.82. The summed E-state index contributed by atoms with van der Waals surface area (Å²) in [7, 11) is 0. The maximum atomic E-state index is 2.43. The molecule has 0 radical (unpaired) electrons. The third-order valence-electron chi connectivity index (χ3n) is 3.57. The van der Waals surface area contributed by atoms with Crippen molar-refractivity contribution in [2.24, 2.45) is 23.7 Å². The van der Waals surface area contributed by atoms with Crippen LogP contribution in [-0.4, -0.2) is 0 Å². The lowest BCUT2D eigenvalue weighted by Crippen LogP contribution is -2.06. The van der Waals surface area contributed by atoms with Gasteiger partial charge in [0.25, 0.3) is 0 Å². The van der Waals surface area contributed by atoms with Gasteiger partial charge in [0.2, 0.25) is 0 Å². The third kappa shape index (κ3) is 3.17. The van der Waals surface area contributed by atoms with E-state index in [1.165, 1.54) is 19.3 Å². The van der Waals surface area contributed by atoms with Crippen molar-refractivity contribution in [3.8, 4) is 0 Å². The van der Waals surface area contributed by atoms with Gasteiger partial charge in [-0.1, -0.05) is 32.9 Å². The Balaban J connectivity index is 2.28. The predicted octanol–water partition coefficient (Wildman–Crippen LogP) is 4.27. The van der Waals surface area contributed by atoms with Gasteiger partial charge in [0.1, 0.15) is 0 Å². The molecule has 0 saturated heterocycles. The lowest BCUT2D eigenvalue weighted by Gasteiger charge is -2.16. The molecule has 0 aromatic rings. The summed E-state index contributed by atoms with van der Waals surface area (Å²) >= 11 is 0. The molecule has 0 nitrogen and oxygen atoms in total. The van der Waals surface area contributed by atoms with Crippen LogP contribution in [0.2, 0.25) is 0 Å². The molecule has 0 spiro atoms. The molecule has 13 heavy (non-hydrogen) atoms. The van der Waals surface area contributed by atoms with Crippen LogP contribution in [0.1, 0.15) is 47.0 Å². The molecule has 0 heteroatoms. The molecule has 1 fully saturated rings. The maximum Gasteiger partial charge on any atom is -0.0234 e. The van der Waals surface area contributed by atoms with E-state index in [4.69, 9.17) is 0 Å². The van der Waals surface area contributed by atoms with Gasteiger partial charge in [-0.3, -0.25) is 0 Å². The van der Waals surface area contributed by atoms with Crippen LogP contribution in [0.5, 0.6) is 0 Å². The first kappa shape index (κ1) is 10.8. The minimum Gasteiger partial charge on any atom is -0.0914 e. The van der Waals surface area contributed by atoms with Crippen LogP contribution in [0.25, 0.3) is 0 Å². The second-order valence-corrected chi connectivity index (χ2v) is 4.78. The molecule has 1 aliphatic rings. The topological polar surface area (TPSA) is 0 Å². The third-order valence-corrected chi connectivity index (χ3v) is 3.57. The fourth-order valence-electron chi connectivity index (χ4n) is 2.45. The molecule has 1 rings (SSSR count). The Bertz CT molecular complexity index is 169. The average molecular weight is 180 g/mol. The summed E-state index contributed by atoms with van der Waals surface area (Å²) in [5, 5.41) is 0. The molecule has 0 N–H and O–H groups in total. The lowest BCUT2D eigenvalue weighted by atomic mass is 9.90. The summed E-state index contributed by atoms with van der Waals surface area (Å²) in [5.74, 6) is 3.82. The molecule has 0 aromatic heterocycles. The van der Waals surface area contributed by atoms with Crippen LogP contribution in [-0.2, 0) is 0 Å². The van der Waals surface area contributed by atoms with Crippen LogP contribution in [0.15, 0.2) is 12.2 Å². The van der Waals surface area contributed by atoms with E-state index >= 15 is 0 Å². The molecule has 0 aromatic carbocycles. The molecular weight excluding hydrogens is 156 g/mol. The first-order valence-electron chi connectivity index (χ1n) is 5.81. The van der Waals surface area contributed by atoms with Gasteiger partial charge in [0.05, 0.1) is 0 Å². The molecule has 1 saturated carbocycles. The van der Waals surface area contributed by atoms with Crippen molar-refractivity contribution >= 4 is 0 Å². The molecule has 76 valence electrons. The monoisotopic (exact) mass is 180 g/mol. The second-order valence-electron chi connectivity index (χ2n) is 4.78. The van der Waals surface area contributed by atoms with Gasteiger partial charge in [-0.25, -0.2) is 0 Å². The Morgan fingerprint density at radius 1 is 1.46 bits per heavy atom. The van der Waals surface area contributed by atoms with Crippen LogP contribution in [0, 0.1) is 23.7 Å². The van der Waals surface area contributed by atoms with E-state index < -0.39 is 0 Å². The Morgan fingerprint density at radius 2 is 2.08 bits per heavy atom. The lowest BCUT2D eigenvalue weighted by molar-refractivity contribution is 0.384. The Kier molecular flexibility index (Phi) is 4.02. The highest BCUT2D eigenvalue weighted by atomic mass is 14.4. The van der Waals surface area contributed by atoms with Crippen LogP contribution < -0.4 is 0 Å². The van der Waals surface area contributed by atoms with Crippen molar-refractivity contribution in [2.45, 2.75) is 47.0 Å². The van der Waals surface area contributed by atoms with Crippen molar-refractivity contribution in [2.75, 3.05) is 0 Å². The SMILES string of the molecule is CC=CC(CC)CC(C)C1CC1C. The van der Waals surface area contributed by atoms with Gasteiger partial charge < -0.3 is 0 Å². The van der Waals surface area contributed by atoms with Gasteiger partial charge in [-0.2, -0.15) is 0 Å². The zero-order chi connectivity index (χ0) is 9.84. The first-order valence-corrected chi connectivity index (χ1v) is 5.81. The van der Waals surface area contributed by atoms with E-state index in [1.807, 2.05) is 0 Å². The molecule has 1 aliphatic carbocycles. The van der Waals surface area contributed by atoms with Crippen molar-refractivity contribution in [3.05, 3.63) is 12.2 Å². The van der Waals surface area contributed by atoms with E-state index in [-0.39, 0.29) is 0 Å². The highest BCUT2D eigenvalue weighted by molar-refractivity contribution is 4.91. The number of hydrogen-bond donors (Lipinski definition) is 0. The van der Waals surface area contributed by atoms with E-state index in [0.717, 1.165) is 23.7 Å². The first-order chi connectivity index (χ1) is 6.19. The molecule has 0 heterocycles. The molecule has 0 amide bonds. The van der Waals surface area contributed by atoms with Gasteiger partial charge >= 0.3 is 0 Å². The smallest absolute Gasteiger partial charge is 0.0234 e. The van der Waals surface area contributed by atoms with E-state index in [2.05, 4.69) is 39.8 Å². The fourth-order valence-corrected chi connectivity index (χ4v) is 2.45. The summed E-state index contributed by atoms with van der Waals surface area (Å²) in [4.78, 5) is 0. The largest absolute Gasteiger partial charge is 0.0914 e. The van der Waals surface area contributed by atoms with Gasteiger partial charge in [-0.15, -0.1) is 0 Å². The Morgan fingerprint density at radius 3 is 2.46 bits per heavy atom. The number of rotatable bonds is 5. The zero-order valence-corrected chi connectivity index (χ0v) is 9.59. The Labute approximate surface area is 83.4 Å². The minimum absolute atomic E-state index is 0.827. The second kappa shape index (κ2) is 4.83. The van der Waals surface area contributed by atoms with E-state index in [1.54, 1.807) is 0 Å². The number of allylic oxidation sites excluding steroid dienone is 2. The van der Waals surface area contributed by atoms with Gasteiger partial charge in [0, 0.05) is 0 Å². The van der Waals surface area contributed by atoms with Gasteiger partial charge in [0.15, 0.2) is 0 Å². The van der Waals surface area contributed by atoms with Crippen LogP contribution >= 0.6 is 0 Å². The van der Waals surface area contributed by atoms with Crippen molar-refractivity contribution in [3.63, 3.8) is 0 Å². The normalized spacial score (nSPS) is 32.0. The van der Waals surface area contributed by atoms with Crippen LogP contribution in [0.4, 0.5) is 0 Å². The standard InChI is InChI=1S/C13H24/c1-5-7-12(6-2)8-10(3)13-9-11(13)4/h5,7,10-13H,6,8-9H2,1-4H3. The zero-order valence-electron chi connectivity index (χ0n) is 9.59. The fraction of sp³-hybridized carbons (Fsp3) is 0.846. The molecule has 0 aliphatic heterocycles. The van der Waals surface area contributed by atoms with Crippen LogP contribution in [0.3, 0.4) is 0 Å². The van der Waals surface area contributed by atoms with E-state index in [9.17, 15) is 0 Å². The summed E-state index contributed by atoms with van der Waals surface area (Å²) in [5.41, 5.74) is 0. The quantitative estimate of drug-likeness (QED) is 0.554. The highest BCUT2D eigenvalue weighted by Gasteiger charge is 2.37. The summed E-state index contributed by atoms with van der Waals surface area (Å²) in [6.45, 7) is 9.25. The number of hydrogen-bond acceptors (Lipinski definition) is 0. The van der Waals surface area contributed by atoms with E-state index in [0.29, 0.717) is 0 Å². The Hall–Kier alpha value is -0.260. The molecular formula is C13H24. The molecule has 4 unspecified atom stereocenters. The van der Waals surface area contributed by atoms with Crippen molar-refractivity contribution < 1.29 is 0 Å². The molecule has 4 atom stereocenters. The summed E-state index contributed by atoms with van der Waals surface area (Å²) < 4.78 is 0. The minimum atomic E-state index is 0.827. The van der Waals surface area contributed by atoms with Crippen molar-refractivity contribution in [1.29, 1.82) is 0 Å². The van der Waals surface area contributed by atoms with Crippen molar-refractivity contribution in [1.82, 2.24) is 0 Å². The summed E-state index contributed by atoms with van der Waals surface area (Å²) in [6.07, 6.45) is 8.76. The maximum absolute atomic E-state index is 2.43. The predicted molar refractivity (Wildman–Crippen MR) is 59.6 cm³/mol. The van der Waals surface area contributed by atoms with Gasteiger partial charge in [-0.05, 0) is 49.9 Å². The summed E-state index contributed by atoms with van der Waals surface area (Å²) in [6, 6.07) is 0. The molecule has 0 bridgehead atoms. The highest BCUT2D eigenvalue weighted by Crippen LogP contribution is 2.45.